The van der Waals surface area contributed by atoms with Gasteiger partial charge in [-0.2, -0.15) is 5.10 Å². The maximum Gasteiger partial charge on any atom is 0.276 e. The molecule has 166 valence electrons. The number of anilines is 1. The number of benzene rings is 2. The third-order valence-corrected chi connectivity index (χ3v) is 5.79. The van der Waals surface area contributed by atoms with Crippen molar-refractivity contribution in [1.82, 2.24) is 19.6 Å². The van der Waals surface area contributed by atoms with Gasteiger partial charge in [0.05, 0.1) is 24.4 Å². The van der Waals surface area contributed by atoms with Crippen molar-refractivity contribution in [3.8, 4) is 5.75 Å². The number of nitrogens with zero attached hydrogens (tertiary/aromatic N) is 4. The number of hydrogen-bond acceptors (Lipinski definition) is 5. The molecule has 3 aromatic rings. The number of rotatable bonds is 5. The number of hydrogen-bond donors (Lipinski definition) is 1. The summed E-state index contributed by atoms with van der Waals surface area (Å²) in [7, 11) is 5.46. The number of methoxy groups -OCH3 is 1. The van der Waals surface area contributed by atoms with Crippen molar-refractivity contribution in [2.24, 2.45) is 7.05 Å². The Labute approximate surface area is 187 Å². The molecule has 8 heteroatoms. The highest BCUT2D eigenvalue weighted by Gasteiger charge is 2.30. The van der Waals surface area contributed by atoms with E-state index < -0.39 is 0 Å². The first-order valence-corrected chi connectivity index (χ1v) is 10.5. The zero-order chi connectivity index (χ0) is 22.7. The van der Waals surface area contributed by atoms with Gasteiger partial charge in [-0.3, -0.25) is 19.2 Å². The molecule has 0 unspecified atom stereocenters. The van der Waals surface area contributed by atoms with Gasteiger partial charge in [-0.05, 0) is 42.9 Å². The van der Waals surface area contributed by atoms with Crippen LogP contribution in [0.4, 0.5) is 5.69 Å². The van der Waals surface area contributed by atoms with Crippen LogP contribution in [-0.2, 0) is 7.05 Å². The largest absolute Gasteiger partial charge is 0.497 e. The van der Waals surface area contributed by atoms with Crippen LogP contribution in [0.5, 0.6) is 5.75 Å². The fourth-order valence-electron chi connectivity index (χ4n) is 3.92. The summed E-state index contributed by atoms with van der Waals surface area (Å²) < 4.78 is 6.83. The Balaban J connectivity index is 1.53. The first-order chi connectivity index (χ1) is 15.5. The molecule has 0 radical (unpaired) electrons. The molecule has 1 aliphatic heterocycles. The van der Waals surface area contributed by atoms with E-state index in [2.05, 4.69) is 22.4 Å². The van der Waals surface area contributed by atoms with Gasteiger partial charge in [0.1, 0.15) is 5.75 Å². The van der Waals surface area contributed by atoms with Gasteiger partial charge >= 0.3 is 0 Å². The molecule has 0 aliphatic carbocycles. The van der Waals surface area contributed by atoms with Crippen LogP contribution in [0, 0.1) is 0 Å². The number of carbonyl (C=O) groups excluding carboxylic acids is 2. The summed E-state index contributed by atoms with van der Waals surface area (Å²) in [6, 6.07) is 16.8. The minimum absolute atomic E-state index is 0.0777. The minimum Gasteiger partial charge on any atom is -0.497 e. The number of ether oxygens (including phenoxy) is 1. The zero-order valence-corrected chi connectivity index (χ0v) is 18.5. The number of amides is 2. The van der Waals surface area contributed by atoms with Gasteiger partial charge in [-0.15, -0.1) is 0 Å². The van der Waals surface area contributed by atoms with Gasteiger partial charge in [-0.1, -0.05) is 24.3 Å². The summed E-state index contributed by atoms with van der Waals surface area (Å²) in [6.45, 7) is 1.93. The lowest BCUT2D eigenvalue weighted by Gasteiger charge is -2.40. The van der Waals surface area contributed by atoms with E-state index in [4.69, 9.17) is 4.74 Å². The fourth-order valence-corrected chi connectivity index (χ4v) is 3.92. The first kappa shape index (κ1) is 21.6. The van der Waals surface area contributed by atoms with E-state index in [1.54, 1.807) is 55.4 Å². The molecule has 1 aromatic heterocycles. The summed E-state index contributed by atoms with van der Waals surface area (Å²) in [5.41, 5.74) is 2.37. The maximum atomic E-state index is 13.4. The summed E-state index contributed by atoms with van der Waals surface area (Å²) in [4.78, 5) is 30.1. The Morgan fingerprint density at radius 2 is 1.78 bits per heavy atom. The second-order valence-corrected chi connectivity index (χ2v) is 7.90. The molecule has 2 amide bonds. The summed E-state index contributed by atoms with van der Waals surface area (Å²) in [6.07, 6.45) is 1.70. The van der Waals surface area contributed by atoms with Gasteiger partial charge in [0.15, 0.2) is 5.69 Å². The Morgan fingerprint density at radius 1 is 1.03 bits per heavy atom. The molecule has 1 atom stereocenters. The maximum absolute atomic E-state index is 13.4. The van der Waals surface area contributed by atoms with Gasteiger partial charge in [0.2, 0.25) is 0 Å². The second-order valence-electron chi connectivity index (χ2n) is 7.90. The average molecular weight is 434 g/mol. The average Bonchev–Trinajstić information content (AvgIpc) is 3.26. The van der Waals surface area contributed by atoms with E-state index >= 15 is 0 Å². The number of aryl methyl sites for hydroxylation is 1. The topological polar surface area (TPSA) is 79.7 Å². The lowest BCUT2D eigenvalue weighted by atomic mass is 10.0. The van der Waals surface area contributed by atoms with Crippen molar-refractivity contribution in [2.75, 3.05) is 39.1 Å². The highest BCUT2D eigenvalue weighted by Crippen LogP contribution is 2.28. The molecule has 1 fully saturated rings. The van der Waals surface area contributed by atoms with Crippen molar-refractivity contribution in [3.63, 3.8) is 0 Å². The normalized spacial score (nSPS) is 16.6. The van der Waals surface area contributed by atoms with Crippen molar-refractivity contribution in [1.29, 1.82) is 0 Å². The quantitative estimate of drug-likeness (QED) is 0.669. The molecule has 2 heterocycles. The lowest BCUT2D eigenvalue weighted by molar-refractivity contribution is 0.0547. The molecule has 0 spiro atoms. The number of aromatic nitrogens is 2. The number of likely N-dealkylation sites (N-methyl/N-ethyl adjacent to an activating group) is 1. The number of piperazine rings is 1. The Bertz CT molecular complexity index is 1110. The smallest absolute Gasteiger partial charge is 0.276 e. The van der Waals surface area contributed by atoms with E-state index in [1.807, 2.05) is 29.2 Å². The summed E-state index contributed by atoms with van der Waals surface area (Å²) >= 11 is 0. The Kier molecular flexibility index (Phi) is 6.23. The van der Waals surface area contributed by atoms with E-state index in [0.29, 0.717) is 30.0 Å². The van der Waals surface area contributed by atoms with Crippen LogP contribution in [0.3, 0.4) is 0 Å². The van der Waals surface area contributed by atoms with Crippen LogP contribution in [0.15, 0.2) is 60.8 Å². The van der Waals surface area contributed by atoms with Crippen molar-refractivity contribution < 1.29 is 14.3 Å². The summed E-state index contributed by atoms with van der Waals surface area (Å²) in [5, 5.41) is 6.97. The number of carbonyl (C=O) groups is 2. The minimum atomic E-state index is -0.347. The molecule has 2 aromatic carbocycles. The van der Waals surface area contributed by atoms with Crippen molar-refractivity contribution >= 4 is 17.5 Å². The van der Waals surface area contributed by atoms with Crippen LogP contribution in [0.2, 0.25) is 0 Å². The zero-order valence-electron chi connectivity index (χ0n) is 18.5. The lowest BCUT2D eigenvalue weighted by Crippen LogP contribution is -2.49. The Morgan fingerprint density at radius 3 is 2.47 bits per heavy atom. The van der Waals surface area contributed by atoms with E-state index in [9.17, 15) is 9.59 Å². The third-order valence-electron chi connectivity index (χ3n) is 5.79. The fraction of sp³-hybridized carbons (Fsp3) is 0.292. The van der Waals surface area contributed by atoms with E-state index in [-0.39, 0.29) is 17.9 Å². The van der Waals surface area contributed by atoms with Crippen LogP contribution < -0.4 is 10.1 Å². The van der Waals surface area contributed by atoms with Crippen molar-refractivity contribution in [3.05, 3.63) is 77.6 Å². The number of nitrogens with one attached hydrogen (secondary N) is 1. The first-order valence-electron chi connectivity index (χ1n) is 10.5. The third kappa shape index (κ3) is 4.50. The van der Waals surface area contributed by atoms with Gasteiger partial charge < -0.3 is 15.0 Å². The van der Waals surface area contributed by atoms with Crippen LogP contribution >= 0.6 is 0 Å². The van der Waals surface area contributed by atoms with Crippen molar-refractivity contribution in [2.45, 2.75) is 6.04 Å². The molecule has 32 heavy (non-hydrogen) atoms. The molecule has 1 aliphatic rings. The predicted molar refractivity (Wildman–Crippen MR) is 122 cm³/mol. The van der Waals surface area contributed by atoms with Gasteiger partial charge in [0, 0.05) is 32.9 Å². The predicted octanol–water partition coefficient (Wildman–Crippen LogP) is 2.81. The van der Waals surface area contributed by atoms with Gasteiger partial charge in [-0.25, -0.2) is 0 Å². The van der Waals surface area contributed by atoms with Gasteiger partial charge in [0.25, 0.3) is 11.8 Å². The molecule has 4 rings (SSSR count). The molecular weight excluding hydrogens is 406 g/mol. The molecule has 0 saturated carbocycles. The van der Waals surface area contributed by atoms with Crippen LogP contribution in [0.1, 0.15) is 32.5 Å². The summed E-state index contributed by atoms with van der Waals surface area (Å²) in [5.74, 6) is 0.353. The SMILES string of the molecule is COc1ccc([C@H]2CN(C(=O)c3ccccc3NC(=O)c3ccn(C)n3)CCN2C)cc1. The molecule has 1 saturated heterocycles. The Hall–Kier alpha value is -3.65. The molecule has 0 bridgehead atoms. The monoisotopic (exact) mass is 433 g/mol. The molecule has 1 N–H and O–H groups in total. The van der Waals surface area contributed by atoms with E-state index in [0.717, 1.165) is 17.9 Å². The highest BCUT2D eigenvalue weighted by molar-refractivity contribution is 6.08. The number of para-hydroxylation sites is 1. The highest BCUT2D eigenvalue weighted by atomic mass is 16.5. The van der Waals surface area contributed by atoms with E-state index in [1.165, 1.54) is 0 Å². The molecular formula is C24H27N5O3. The molecule has 8 nitrogen and oxygen atoms in total. The van der Waals surface area contributed by atoms with Crippen LogP contribution in [0.25, 0.3) is 0 Å². The standard InChI is InChI=1S/C24H27N5O3/c1-27-14-15-29(16-22(27)17-8-10-18(32-3)11-9-17)24(31)19-6-4-5-7-20(19)25-23(30)21-12-13-28(2)26-21/h4-13,22H,14-16H2,1-3H3,(H,25,30)/t22-/m1/s1. The van der Waals surface area contributed by atoms with Crippen LogP contribution in [-0.4, -0.2) is 65.2 Å². The second kappa shape index (κ2) is 9.23.